The van der Waals surface area contributed by atoms with E-state index in [1.165, 1.54) is 16.0 Å². The fourth-order valence-electron chi connectivity index (χ4n) is 2.53. The highest BCUT2D eigenvalue weighted by atomic mass is 16.2. The zero-order valence-corrected chi connectivity index (χ0v) is 15.3. The molecule has 0 atom stereocenters. The second kappa shape index (κ2) is 7.82. The molecule has 138 valence electrons. The molecule has 7 heteroatoms. The lowest BCUT2D eigenvalue weighted by atomic mass is 10.1. The number of amides is 1. The molecule has 7 nitrogen and oxygen atoms in total. The molecule has 3 aromatic rings. The molecule has 0 aliphatic heterocycles. The van der Waals surface area contributed by atoms with Gasteiger partial charge in [-0.1, -0.05) is 18.6 Å². The minimum absolute atomic E-state index is 0.0743. The monoisotopic (exact) mass is 363 g/mol. The first-order valence-corrected chi connectivity index (χ1v) is 8.66. The van der Waals surface area contributed by atoms with Crippen LogP contribution in [-0.4, -0.2) is 20.3 Å². The average molecular weight is 363 g/mol. The number of carbonyl (C=O) groups excluding carboxylic acids is 1. The molecule has 0 aromatic carbocycles. The first kappa shape index (κ1) is 18.3. The Morgan fingerprint density at radius 2 is 2.15 bits per heavy atom. The number of anilines is 1. The van der Waals surface area contributed by atoms with Crippen molar-refractivity contribution in [2.75, 3.05) is 5.73 Å². The van der Waals surface area contributed by atoms with Crippen LogP contribution in [-0.2, 0) is 6.54 Å². The molecule has 0 saturated heterocycles. The Bertz CT molecular complexity index is 1090. The molecule has 3 rings (SSSR count). The Morgan fingerprint density at radius 3 is 2.89 bits per heavy atom. The number of carbonyl (C=O) groups is 1. The summed E-state index contributed by atoms with van der Waals surface area (Å²) in [6, 6.07) is 8.16. The number of allylic oxidation sites excluding steroid dienone is 1. The fourth-order valence-corrected chi connectivity index (χ4v) is 2.53. The second-order valence-corrected chi connectivity index (χ2v) is 6.25. The van der Waals surface area contributed by atoms with E-state index in [2.05, 4.69) is 22.2 Å². The van der Waals surface area contributed by atoms with Gasteiger partial charge in [0.15, 0.2) is 0 Å². The van der Waals surface area contributed by atoms with Gasteiger partial charge >= 0.3 is 0 Å². The molecule has 3 aromatic heterocycles. The molecule has 0 bridgehead atoms. The predicted octanol–water partition coefficient (Wildman–Crippen LogP) is 2.42. The Labute approximate surface area is 156 Å². The fraction of sp³-hybridized carbons (Fsp3) is 0.200. The van der Waals surface area contributed by atoms with Crippen LogP contribution in [0.2, 0.25) is 0 Å². The van der Waals surface area contributed by atoms with Gasteiger partial charge in [0.2, 0.25) is 0 Å². The summed E-state index contributed by atoms with van der Waals surface area (Å²) in [6.07, 6.45) is 6.16. The maximum absolute atomic E-state index is 12.4. The lowest BCUT2D eigenvalue weighted by Gasteiger charge is -2.08. The van der Waals surface area contributed by atoms with Crippen LogP contribution in [0.5, 0.6) is 0 Å². The van der Waals surface area contributed by atoms with Crippen LogP contribution in [0.3, 0.4) is 0 Å². The Balaban J connectivity index is 1.74. The van der Waals surface area contributed by atoms with Gasteiger partial charge in [-0.3, -0.25) is 19.0 Å². The summed E-state index contributed by atoms with van der Waals surface area (Å²) in [7, 11) is 0. The molecule has 0 fully saturated rings. The van der Waals surface area contributed by atoms with E-state index < -0.39 is 5.91 Å². The number of hydrogen-bond acceptors (Lipinski definition) is 5. The highest BCUT2D eigenvalue weighted by molar-refractivity contribution is 5.92. The van der Waals surface area contributed by atoms with Crippen LogP contribution in [0.25, 0.3) is 11.7 Å². The van der Waals surface area contributed by atoms with Gasteiger partial charge in [0.1, 0.15) is 11.3 Å². The van der Waals surface area contributed by atoms with E-state index in [4.69, 9.17) is 5.73 Å². The quantitative estimate of drug-likeness (QED) is 0.725. The summed E-state index contributed by atoms with van der Waals surface area (Å²) >= 11 is 0. The number of fused-ring (bicyclic) bond motifs is 1. The maximum atomic E-state index is 12.4. The molecule has 3 N–H and O–H groups in total. The van der Waals surface area contributed by atoms with Crippen LogP contribution < -0.4 is 16.6 Å². The van der Waals surface area contributed by atoms with Gasteiger partial charge in [-0.05, 0) is 43.2 Å². The van der Waals surface area contributed by atoms with Gasteiger partial charge in [0.25, 0.3) is 11.5 Å². The van der Waals surface area contributed by atoms with Gasteiger partial charge in [-0.25, -0.2) is 4.98 Å². The number of pyridine rings is 2. The first-order valence-electron chi connectivity index (χ1n) is 8.66. The molecular formula is C20H21N5O2. The second-order valence-electron chi connectivity index (χ2n) is 6.25. The van der Waals surface area contributed by atoms with Crippen LogP contribution in [0.1, 0.15) is 42.0 Å². The Hall–Kier alpha value is -3.48. The number of aromatic nitrogens is 3. The van der Waals surface area contributed by atoms with E-state index in [1.807, 2.05) is 13.0 Å². The van der Waals surface area contributed by atoms with Crippen molar-refractivity contribution in [1.82, 2.24) is 19.7 Å². The number of nitrogen functional groups attached to an aromatic ring is 1. The maximum Gasteiger partial charge on any atom is 0.270 e. The Morgan fingerprint density at radius 1 is 1.33 bits per heavy atom. The van der Waals surface area contributed by atoms with E-state index in [9.17, 15) is 9.59 Å². The third kappa shape index (κ3) is 4.20. The number of hydrogen-bond donors (Lipinski definition) is 2. The molecule has 3 heterocycles. The zero-order chi connectivity index (χ0) is 19.4. The van der Waals surface area contributed by atoms with E-state index in [0.29, 0.717) is 17.0 Å². The lowest BCUT2D eigenvalue weighted by Crippen LogP contribution is -2.27. The van der Waals surface area contributed by atoms with Crippen LogP contribution in [0.15, 0.2) is 53.1 Å². The molecule has 0 aliphatic carbocycles. The number of nitrogens with zero attached hydrogens (tertiary/aromatic N) is 3. The van der Waals surface area contributed by atoms with Crippen LogP contribution >= 0.6 is 0 Å². The van der Waals surface area contributed by atoms with Crippen molar-refractivity contribution >= 4 is 23.3 Å². The Kier molecular flexibility index (Phi) is 5.30. The number of rotatable bonds is 5. The largest absolute Gasteiger partial charge is 0.397 e. The molecule has 0 radical (unpaired) electrons. The molecule has 0 unspecified atom stereocenters. The molecule has 1 amide bonds. The third-order valence-electron chi connectivity index (χ3n) is 4.20. The average Bonchev–Trinajstić information content (AvgIpc) is 2.67. The van der Waals surface area contributed by atoms with Gasteiger partial charge in [0.05, 0.1) is 11.4 Å². The highest BCUT2D eigenvalue weighted by Crippen LogP contribution is 2.15. The van der Waals surface area contributed by atoms with Crippen LogP contribution in [0, 0.1) is 0 Å². The zero-order valence-electron chi connectivity index (χ0n) is 15.3. The van der Waals surface area contributed by atoms with E-state index in [1.54, 1.807) is 36.7 Å². The van der Waals surface area contributed by atoms with Crippen molar-refractivity contribution in [3.63, 3.8) is 0 Å². The summed E-state index contributed by atoms with van der Waals surface area (Å²) in [5.41, 5.74) is 9.46. The smallest absolute Gasteiger partial charge is 0.270 e. The number of nitrogens with two attached hydrogens (primary N) is 1. The van der Waals surface area contributed by atoms with Gasteiger partial charge in [0, 0.05) is 25.0 Å². The predicted molar refractivity (Wildman–Crippen MR) is 105 cm³/mol. The molecule has 0 spiro atoms. The van der Waals surface area contributed by atoms with Crippen molar-refractivity contribution in [3.05, 3.63) is 75.6 Å². The summed E-state index contributed by atoms with van der Waals surface area (Å²) in [6.45, 7) is 4.33. The van der Waals surface area contributed by atoms with Gasteiger partial charge in [-0.15, -0.1) is 0 Å². The van der Waals surface area contributed by atoms with E-state index >= 15 is 0 Å². The standard InChI is InChI=1S/C20H21N5O2/c1-3-13(2)8-16-15(21)9-14(11-22-16)12-23-20(27)17-10-19(26)25-7-5-4-6-18(25)24-17/h4-11H,3,12,21H2,1-2H3,(H,23,27)/b13-8+. The molecular weight excluding hydrogens is 342 g/mol. The van der Waals surface area contributed by atoms with Crippen molar-refractivity contribution < 1.29 is 4.79 Å². The van der Waals surface area contributed by atoms with Gasteiger partial charge < -0.3 is 11.1 Å². The van der Waals surface area contributed by atoms with Crippen molar-refractivity contribution in [2.45, 2.75) is 26.8 Å². The summed E-state index contributed by atoms with van der Waals surface area (Å²) in [4.78, 5) is 33.0. The topological polar surface area (TPSA) is 102 Å². The van der Waals surface area contributed by atoms with Gasteiger partial charge in [-0.2, -0.15) is 0 Å². The first-order chi connectivity index (χ1) is 13.0. The van der Waals surface area contributed by atoms with Crippen LogP contribution in [0.4, 0.5) is 5.69 Å². The van der Waals surface area contributed by atoms with Crippen molar-refractivity contribution in [2.24, 2.45) is 0 Å². The number of nitrogens with one attached hydrogen (secondary N) is 1. The van der Waals surface area contributed by atoms with Crippen molar-refractivity contribution in [3.8, 4) is 0 Å². The SMILES string of the molecule is CC/C(C)=C/c1ncc(CNC(=O)c2cc(=O)n3ccccc3n2)cc1N. The minimum atomic E-state index is -0.428. The molecule has 0 aliphatic rings. The summed E-state index contributed by atoms with van der Waals surface area (Å²) < 4.78 is 1.38. The van der Waals surface area contributed by atoms with E-state index in [-0.39, 0.29) is 17.8 Å². The molecule has 27 heavy (non-hydrogen) atoms. The highest BCUT2D eigenvalue weighted by Gasteiger charge is 2.11. The summed E-state index contributed by atoms with van der Waals surface area (Å²) in [5, 5.41) is 2.75. The lowest BCUT2D eigenvalue weighted by molar-refractivity contribution is 0.0946. The normalized spacial score (nSPS) is 11.6. The third-order valence-corrected chi connectivity index (χ3v) is 4.20. The molecule has 0 saturated carbocycles. The van der Waals surface area contributed by atoms with E-state index in [0.717, 1.165) is 12.0 Å². The minimum Gasteiger partial charge on any atom is -0.397 e. The van der Waals surface area contributed by atoms with Crippen molar-refractivity contribution in [1.29, 1.82) is 0 Å². The summed E-state index contributed by atoms with van der Waals surface area (Å²) in [5.74, 6) is -0.428.